The molecular formula is C25H24F4N6O2S. The summed E-state index contributed by atoms with van der Waals surface area (Å²) in [5.74, 6) is -1.29. The normalized spacial score (nSPS) is 20.9. The maximum atomic E-state index is 13.3. The second kappa shape index (κ2) is 10.4. The summed E-state index contributed by atoms with van der Waals surface area (Å²) in [6.07, 6.45) is 0.476. The highest BCUT2D eigenvalue weighted by atomic mass is 32.2. The van der Waals surface area contributed by atoms with Gasteiger partial charge in [0.05, 0.1) is 22.8 Å². The van der Waals surface area contributed by atoms with Crippen LogP contribution in [0.3, 0.4) is 0 Å². The lowest BCUT2D eigenvalue weighted by Crippen LogP contribution is -2.46. The lowest BCUT2D eigenvalue weighted by atomic mass is 10.2. The molecule has 1 aliphatic heterocycles. The minimum atomic E-state index is -4.65. The minimum Gasteiger partial charge on any atom is -0.349 e. The molecule has 38 heavy (non-hydrogen) atoms. The number of nitrogens with zero attached hydrogens (tertiary/aromatic N) is 5. The molecule has 13 heteroatoms. The van der Waals surface area contributed by atoms with Crippen molar-refractivity contribution < 1.29 is 26.6 Å². The van der Waals surface area contributed by atoms with Crippen LogP contribution in [0.2, 0.25) is 0 Å². The van der Waals surface area contributed by atoms with Crippen molar-refractivity contribution in [2.24, 2.45) is 0 Å². The summed E-state index contributed by atoms with van der Waals surface area (Å²) in [4.78, 5) is 29.4. The molecule has 1 saturated carbocycles. The molecule has 1 saturated heterocycles. The van der Waals surface area contributed by atoms with E-state index in [1.165, 1.54) is 24.3 Å². The zero-order valence-corrected chi connectivity index (χ0v) is 21.1. The lowest BCUT2D eigenvalue weighted by molar-refractivity contribution is -0.145. The first-order valence-electron chi connectivity index (χ1n) is 12.1. The van der Waals surface area contributed by atoms with Gasteiger partial charge in [0.25, 0.3) is 0 Å². The van der Waals surface area contributed by atoms with Crippen molar-refractivity contribution in [1.29, 1.82) is 0 Å². The molecule has 2 aliphatic rings. The highest BCUT2D eigenvalue weighted by Crippen LogP contribution is 2.39. The second-order valence-electron chi connectivity index (χ2n) is 9.39. The Balaban J connectivity index is 1.32. The number of nitrogens with one attached hydrogen (secondary N) is 1. The summed E-state index contributed by atoms with van der Waals surface area (Å²) in [6.45, 7) is 1.94. The van der Waals surface area contributed by atoms with Crippen molar-refractivity contribution in [2.45, 2.75) is 68.2 Å². The Labute approximate surface area is 218 Å². The van der Waals surface area contributed by atoms with Crippen LogP contribution in [-0.2, 0) is 28.5 Å². The van der Waals surface area contributed by atoms with Crippen LogP contribution in [0.15, 0.2) is 47.6 Å². The van der Waals surface area contributed by atoms with Crippen molar-refractivity contribution >= 4 is 16.9 Å². The van der Waals surface area contributed by atoms with Crippen LogP contribution >= 0.6 is 0 Å². The van der Waals surface area contributed by atoms with E-state index in [2.05, 4.69) is 25.3 Å². The first-order chi connectivity index (χ1) is 18.1. The highest BCUT2D eigenvalue weighted by Gasteiger charge is 2.40. The van der Waals surface area contributed by atoms with Crippen LogP contribution in [0, 0.1) is 5.82 Å². The third-order valence-electron chi connectivity index (χ3n) is 6.49. The van der Waals surface area contributed by atoms with Crippen molar-refractivity contribution in [3.05, 3.63) is 65.9 Å². The highest BCUT2D eigenvalue weighted by molar-refractivity contribution is 7.82. The quantitative estimate of drug-likeness (QED) is 0.445. The molecule has 3 unspecified atom stereocenters. The number of hydrogen-bond donors (Lipinski definition) is 1. The number of carbonyl (C=O) groups excluding carboxylic acids is 1. The minimum absolute atomic E-state index is 0.0530. The van der Waals surface area contributed by atoms with Gasteiger partial charge in [-0.1, -0.05) is 0 Å². The van der Waals surface area contributed by atoms with Gasteiger partial charge in [0, 0.05) is 29.9 Å². The van der Waals surface area contributed by atoms with E-state index in [4.69, 9.17) is 0 Å². The van der Waals surface area contributed by atoms with Gasteiger partial charge in [-0.15, -0.1) is 0 Å². The Morgan fingerprint density at radius 2 is 1.76 bits per heavy atom. The summed E-state index contributed by atoms with van der Waals surface area (Å²) >= 11 is 0. The molecule has 1 aromatic carbocycles. The topological polar surface area (TPSA) is 101 Å². The van der Waals surface area contributed by atoms with E-state index in [0.717, 1.165) is 25.2 Å². The number of carbonyl (C=O) groups is 1. The Hall–Kier alpha value is -3.32. The molecule has 1 aliphatic carbocycles. The van der Waals surface area contributed by atoms with E-state index in [9.17, 15) is 26.6 Å². The molecule has 1 amide bonds. The molecule has 8 nitrogen and oxygen atoms in total. The van der Waals surface area contributed by atoms with E-state index in [0.29, 0.717) is 40.5 Å². The number of halogens is 4. The molecule has 3 atom stereocenters. The first-order valence-corrected chi connectivity index (χ1v) is 13.2. The zero-order valence-electron chi connectivity index (χ0n) is 20.3. The molecule has 2 fully saturated rings. The maximum Gasteiger partial charge on any atom is 0.451 e. The molecule has 1 N–H and O–H groups in total. The van der Waals surface area contributed by atoms with Crippen LogP contribution in [-0.4, -0.2) is 46.4 Å². The fourth-order valence-corrected chi connectivity index (χ4v) is 5.82. The van der Waals surface area contributed by atoms with E-state index >= 15 is 0 Å². The molecule has 2 aromatic heterocycles. The monoisotopic (exact) mass is 548 g/mol. The average molecular weight is 549 g/mol. The van der Waals surface area contributed by atoms with Gasteiger partial charge in [-0.05, 0) is 62.9 Å². The Kier molecular flexibility index (Phi) is 7.23. The molecule has 3 heterocycles. The maximum absolute atomic E-state index is 13.3. The third kappa shape index (κ3) is 5.73. The van der Waals surface area contributed by atoms with Crippen LogP contribution in [0.1, 0.15) is 55.9 Å². The number of amides is 1. The van der Waals surface area contributed by atoms with Crippen LogP contribution in [0.5, 0.6) is 0 Å². The molecule has 0 radical (unpaired) electrons. The molecule has 0 bridgehead atoms. The van der Waals surface area contributed by atoms with Gasteiger partial charge in [-0.2, -0.15) is 13.2 Å². The number of benzene rings is 1. The molecule has 5 rings (SSSR count). The van der Waals surface area contributed by atoms with Crippen LogP contribution in [0.4, 0.5) is 17.6 Å². The Morgan fingerprint density at radius 1 is 1.08 bits per heavy atom. The number of alkyl halides is 3. The van der Waals surface area contributed by atoms with Gasteiger partial charge >= 0.3 is 6.18 Å². The number of hydrogen-bond acceptors (Lipinski definition) is 6. The fourth-order valence-electron chi connectivity index (χ4n) is 4.34. The second-order valence-corrected chi connectivity index (χ2v) is 10.8. The van der Waals surface area contributed by atoms with Crippen molar-refractivity contribution in [1.82, 2.24) is 29.6 Å². The van der Waals surface area contributed by atoms with E-state index < -0.39 is 34.8 Å². The fraction of sp³-hybridized carbons (Fsp3) is 0.400. The van der Waals surface area contributed by atoms with E-state index in [1.54, 1.807) is 10.4 Å². The van der Waals surface area contributed by atoms with Crippen molar-refractivity contribution in [3.63, 3.8) is 0 Å². The zero-order chi connectivity index (χ0) is 27.0. The van der Waals surface area contributed by atoms with Crippen LogP contribution in [0.25, 0.3) is 11.3 Å². The molecule has 0 spiro atoms. The number of aromatic nitrogens is 4. The third-order valence-corrected chi connectivity index (χ3v) is 8.17. The van der Waals surface area contributed by atoms with Gasteiger partial charge in [0.1, 0.15) is 28.7 Å². The summed E-state index contributed by atoms with van der Waals surface area (Å²) in [7, 11) is -1.65. The van der Waals surface area contributed by atoms with Gasteiger partial charge in [0.2, 0.25) is 11.7 Å². The lowest BCUT2D eigenvalue weighted by Gasteiger charge is -2.26. The summed E-state index contributed by atoms with van der Waals surface area (Å²) in [5, 5.41) is 2.86. The Morgan fingerprint density at radius 3 is 2.39 bits per heavy atom. The number of rotatable bonds is 7. The Bertz CT molecular complexity index is 1350. The predicted octanol–water partition coefficient (Wildman–Crippen LogP) is 4.16. The van der Waals surface area contributed by atoms with Gasteiger partial charge in [-0.25, -0.2) is 32.8 Å². The standard InChI is InChI=1S/C25H24F4N6O2S/c1-14-2-9-21(35(14)38(37)19-7-5-17(26)6-8-19)23(36)30-13-18-10-20(34-22(33-18)15-3-4-15)16-11-31-24(32-12-16)25(27,28)29/h5-8,10-12,14-15,21H,2-4,9,13H2,1H3,(H,30,36). The smallest absolute Gasteiger partial charge is 0.349 e. The van der Waals surface area contributed by atoms with Gasteiger partial charge in [-0.3, -0.25) is 4.79 Å². The van der Waals surface area contributed by atoms with Crippen molar-refractivity contribution in [3.8, 4) is 11.3 Å². The van der Waals surface area contributed by atoms with Gasteiger partial charge < -0.3 is 5.32 Å². The van der Waals surface area contributed by atoms with Crippen molar-refractivity contribution in [2.75, 3.05) is 0 Å². The average Bonchev–Trinajstić information content (AvgIpc) is 3.68. The SMILES string of the molecule is CC1CCC(C(=O)NCc2cc(-c3cnc(C(F)(F)F)nc3)nc(C3CC3)n2)N1S(=O)c1ccc(F)cc1. The summed E-state index contributed by atoms with van der Waals surface area (Å²) in [5.41, 5.74) is 1.16. The first kappa shape index (κ1) is 26.3. The molecule has 200 valence electrons. The summed E-state index contributed by atoms with van der Waals surface area (Å²) in [6, 6.07) is 6.16. The van der Waals surface area contributed by atoms with Gasteiger partial charge in [0.15, 0.2) is 0 Å². The summed E-state index contributed by atoms with van der Waals surface area (Å²) < 4.78 is 66.7. The van der Waals surface area contributed by atoms with E-state index in [-0.39, 0.29) is 24.4 Å². The predicted molar refractivity (Wildman–Crippen MR) is 129 cm³/mol. The van der Waals surface area contributed by atoms with Crippen LogP contribution < -0.4 is 5.32 Å². The largest absolute Gasteiger partial charge is 0.451 e. The molecular weight excluding hydrogens is 524 g/mol. The van der Waals surface area contributed by atoms with E-state index in [1.807, 2.05) is 6.92 Å². The molecule has 3 aromatic rings.